The average Bonchev–Trinajstić information content (AvgIpc) is 3.36. The van der Waals surface area contributed by atoms with Crippen LogP contribution < -0.4 is 11.1 Å². The van der Waals surface area contributed by atoms with Crippen LogP contribution in [0.4, 0.5) is 0 Å². The zero-order valence-electron chi connectivity index (χ0n) is 17.5. The van der Waals surface area contributed by atoms with E-state index in [-0.39, 0.29) is 23.8 Å². The van der Waals surface area contributed by atoms with E-state index in [4.69, 9.17) is 17.3 Å². The molecule has 0 saturated carbocycles. The van der Waals surface area contributed by atoms with Gasteiger partial charge < -0.3 is 16.0 Å². The van der Waals surface area contributed by atoms with Gasteiger partial charge in [-0.05, 0) is 58.9 Å². The van der Waals surface area contributed by atoms with Crippen LogP contribution in [-0.2, 0) is 16.1 Å². The highest BCUT2D eigenvalue weighted by Gasteiger charge is 2.37. The summed E-state index contributed by atoms with van der Waals surface area (Å²) in [7, 11) is 0. The molecule has 10 heteroatoms. The number of carbonyl (C=O) groups is 2. The number of hydrogen-bond donors (Lipinski definition) is 2. The lowest BCUT2D eigenvalue weighted by atomic mass is 9.88. The van der Waals surface area contributed by atoms with Gasteiger partial charge >= 0.3 is 0 Å². The monoisotopic (exact) mass is 433 g/mol. The van der Waals surface area contributed by atoms with Crippen molar-refractivity contribution in [2.75, 3.05) is 6.54 Å². The maximum absolute atomic E-state index is 12.9. The van der Waals surface area contributed by atoms with Gasteiger partial charge in [0.2, 0.25) is 11.8 Å². The van der Waals surface area contributed by atoms with Crippen LogP contribution in [0.5, 0.6) is 0 Å². The summed E-state index contributed by atoms with van der Waals surface area (Å²) in [5.74, 6) is -0.369. The molecule has 2 unspecified atom stereocenters. The first kappa shape index (κ1) is 22.2. The second-order valence-corrected chi connectivity index (χ2v) is 9.24. The predicted molar refractivity (Wildman–Crippen MR) is 113 cm³/mol. The molecule has 2 amide bonds. The van der Waals surface area contributed by atoms with Crippen molar-refractivity contribution in [3.8, 4) is 5.69 Å². The Morgan fingerprint density at radius 3 is 2.80 bits per heavy atom. The first-order valence-electron chi connectivity index (χ1n) is 10.0. The summed E-state index contributed by atoms with van der Waals surface area (Å²) in [5, 5.41) is 14.7. The Labute approximate surface area is 180 Å². The summed E-state index contributed by atoms with van der Waals surface area (Å²) in [6, 6.07) is 4.15. The lowest BCUT2D eigenvalue weighted by Gasteiger charge is -2.29. The molecule has 1 fully saturated rings. The molecule has 1 aromatic carbocycles. The number of tetrazole rings is 1. The molecule has 1 aliphatic rings. The van der Waals surface area contributed by atoms with Gasteiger partial charge in [0.1, 0.15) is 12.4 Å². The Kier molecular flexibility index (Phi) is 6.72. The normalized spacial score (nSPS) is 17.8. The summed E-state index contributed by atoms with van der Waals surface area (Å²) in [4.78, 5) is 27.4. The van der Waals surface area contributed by atoms with Crippen LogP contribution in [0.15, 0.2) is 24.5 Å². The van der Waals surface area contributed by atoms with E-state index >= 15 is 0 Å². The standard InChI is InChI=1S/C20H28ClN7O2/c1-20(2,3)10-15(22)19(30)27-8-4-5-17(27)18(29)23-11-13-9-14(21)6-7-16(13)28-12-24-25-26-28/h6-7,9,12,15,17H,4-5,8,10-11,22H2,1-3H3,(H,23,29). The van der Waals surface area contributed by atoms with Crippen LogP contribution >= 0.6 is 11.6 Å². The predicted octanol–water partition coefficient (Wildman–Crippen LogP) is 1.69. The van der Waals surface area contributed by atoms with Crippen molar-refractivity contribution in [1.29, 1.82) is 0 Å². The molecule has 1 saturated heterocycles. The first-order chi connectivity index (χ1) is 14.2. The van der Waals surface area contributed by atoms with E-state index in [9.17, 15) is 9.59 Å². The first-order valence-corrected chi connectivity index (χ1v) is 10.4. The topological polar surface area (TPSA) is 119 Å². The molecule has 3 rings (SSSR count). The van der Waals surface area contributed by atoms with E-state index in [0.717, 1.165) is 17.7 Å². The molecule has 162 valence electrons. The van der Waals surface area contributed by atoms with Crippen molar-refractivity contribution in [2.45, 2.75) is 58.7 Å². The molecule has 0 radical (unpaired) electrons. The van der Waals surface area contributed by atoms with Crippen LogP contribution in [0.1, 0.15) is 45.6 Å². The zero-order valence-corrected chi connectivity index (χ0v) is 18.3. The fourth-order valence-corrected chi connectivity index (χ4v) is 3.95. The van der Waals surface area contributed by atoms with Crippen LogP contribution in [0, 0.1) is 5.41 Å². The number of benzene rings is 1. The van der Waals surface area contributed by atoms with Crippen molar-refractivity contribution >= 4 is 23.4 Å². The molecule has 30 heavy (non-hydrogen) atoms. The largest absolute Gasteiger partial charge is 0.350 e. The Morgan fingerprint density at radius 1 is 1.37 bits per heavy atom. The Balaban J connectivity index is 1.68. The summed E-state index contributed by atoms with van der Waals surface area (Å²) in [6.07, 6.45) is 3.44. The number of halogens is 1. The van der Waals surface area contributed by atoms with Crippen molar-refractivity contribution in [2.24, 2.45) is 11.1 Å². The number of nitrogens with zero attached hydrogens (tertiary/aromatic N) is 5. The molecule has 0 bridgehead atoms. The third-order valence-electron chi connectivity index (χ3n) is 5.08. The number of rotatable bonds is 6. The maximum atomic E-state index is 12.9. The van der Waals surface area contributed by atoms with E-state index in [1.165, 1.54) is 11.0 Å². The highest BCUT2D eigenvalue weighted by atomic mass is 35.5. The van der Waals surface area contributed by atoms with Crippen molar-refractivity contribution in [3.63, 3.8) is 0 Å². The number of amides is 2. The smallest absolute Gasteiger partial charge is 0.243 e. The van der Waals surface area contributed by atoms with Gasteiger partial charge in [-0.15, -0.1) is 5.10 Å². The van der Waals surface area contributed by atoms with E-state index < -0.39 is 12.1 Å². The van der Waals surface area contributed by atoms with E-state index in [2.05, 4.69) is 20.8 Å². The number of likely N-dealkylation sites (tertiary alicyclic amines) is 1. The molecule has 2 atom stereocenters. The van der Waals surface area contributed by atoms with Crippen molar-refractivity contribution < 1.29 is 9.59 Å². The fourth-order valence-electron chi connectivity index (χ4n) is 3.75. The van der Waals surface area contributed by atoms with E-state index in [0.29, 0.717) is 24.4 Å². The maximum Gasteiger partial charge on any atom is 0.243 e. The van der Waals surface area contributed by atoms with Gasteiger partial charge in [0.25, 0.3) is 0 Å². The Hall–Kier alpha value is -2.52. The van der Waals surface area contributed by atoms with Crippen molar-refractivity contribution in [3.05, 3.63) is 35.1 Å². The number of aromatic nitrogens is 4. The highest BCUT2D eigenvalue weighted by Crippen LogP contribution is 2.24. The number of hydrogen-bond acceptors (Lipinski definition) is 6. The van der Waals surface area contributed by atoms with Crippen LogP contribution in [0.3, 0.4) is 0 Å². The fraction of sp³-hybridized carbons (Fsp3) is 0.550. The zero-order chi connectivity index (χ0) is 21.9. The van der Waals surface area contributed by atoms with Gasteiger partial charge in [-0.25, -0.2) is 4.68 Å². The van der Waals surface area contributed by atoms with Gasteiger partial charge in [-0.1, -0.05) is 32.4 Å². The molecule has 9 nitrogen and oxygen atoms in total. The molecule has 0 spiro atoms. The quantitative estimate of drug-likeness (QED) is 0.715. The molecular weight excluding hydrogens is 406 g/mol. The molecule has 2 aromatic rings. The summed E-state index contributed by atoms with van der Waals surface area (Å²) in [6.45, 7) is 6.91. The van der Waals surface area contributed by atoms with Gasteiger partial charge in [0.15, 0.2) is 0 Å². The third kappa shape index (κ3) is 5.34. The van der Waals surface area contributed by atoms with E-state index in [1.807, 2.05) is 20.8 Å². The van der Waals surface area contributed by atoms with Gasteiger partial charge in [0.05, 0.1) is 11.7 Å². The lowest BCUT2D eigenvalue weighted by Crippen LogP contribution is -2.51. The molecule has 1 aliphatic heterocycles. The number of carbonyl (C=O) groups excluding carboxylic acids is 2. The van der Waals surface area contributed by atoms with Crippen LogP contribution in [0.25, 0.3) is 5.69 Å². The highest BCUT2D eigenvalue weighted by molar-refractivity contribution is 6.30. The minimum absolute atomic E-state index is 0.0637. The minimum Gasteiger partial charge on any atom is -0.350 e. The number of nitrogens with one attached hydrogen (secondary N) is 1. The Bertz CT molecular complexity index is 895. The third-order valence-corrected chi connectivity index (χ3v) is 5.31. The summed E-state index contributed by atoms with van der Waals surface area (Å²) in [5.41, 5.74) is 7.56. The second kappa shape index (κ2) is 9.09. The number of nitrogens with two attached hydrogens (primary N) is 1. The average molecular weight is 434 g/mol. The van der Waals surface area contributed by atoms with Gasteiger partial charge in [0, 0.05) is 18.1 Å². The van der Waals surface area contributed by atoms with Crippen LogP contribution in [0.2, 0.25) is 5.02 Å². The summed E-state index contributed by atoms with van der Waals surface area (Å²) >= 11 is 6.13. The van der Waals surface area contributed by atoms with Crippen molar-refractivity contribution in [1.82, 2.24) is 30.4 Å². The molecular formula is C20H28ClN7O2. The SMILES string of the molecule is CC(C)(C)CC(N)C(=O)N1CCCC1C(=O)NCc1cc(Cl)ccc1-n1cnnn1. The molecule has 2 heterocycles. The lowest BCUT2D eigenvalue weighted by molar-refractivity contribution is -0.139. The Morgan fingerprint density at radius 2 is 2.13 bits per heavy atom. The van der Waals surface area contributed by atoms with E-state index in [1.54, 1.807) is 23.1 Å². The molecule has 1 aromatic heterocycles. The van der Waals surface area contributed by atoms with Crippen LogP contribution in [-0.4, -0.2) is 55.5 Å². The molecule has 3 N–H and O–H groups in total. The molecule has 0 aliphatic carbocycles. The van der Waals surface area contributed by atoms with Gasteiger partial charge in [-0.2, -0.15) is 0 Å². The summed E-state index contributed by atoms with van der Waals surface area (Å²) < 4.78 is 1.51. The van der Waals surface area contributed by atoms with Gasteiger partial charge in [-0.3, -0.25) is 9.59 Å². The second-order valence-electron chi connectivity index (χ2n) is 8.81. The minimum atomic E-state index is -0.613.